The van der Waals surface area contributed by atoms with Gasteiger partial charge in [-0.05, 0) is 75.0 Å². The number of allylic oxidation sites excluding steroid dienone is 2. The number of benzene rings is 1. The standard InChI is InChI=1S/C31H40F3N3O2/c1-4-8-26(22-11-13-23(14-12-22)28(38)35-19-5-2)37-29(39)27(24-9-7-10-25(20-24)31(32,33)34)36-30(37)17-15-21(6-3)16-18-30/h7,9-11,13,20-21,26H,4-6,8,12,14-19H2,1-3H3,(H,35,38). The lowest BCUT2D eigenvalue weighted by Gasteiger charge is -2.46. The van der Waals surface area contributed by atoms with E-state index in [1.165, 1.54) is 6.07 Å². The molecular weight excluding hydrogens is 503 g/mol. The van der Waals surface area contributed by atoms with Crippen LogP contribution in [0.2, 0.25) is 0 Å². The summed E-state index contributed by atoms with van der Waals surface area (Å²) in [6, 6.07) is 4.75. The highest BCUT2D eigenvalue weighted by atomic mass is 19.4. The van der Waals surface area contributed by atoms with Crippen molar-refractivity contribution < 1.29 is 22.8 Å². The smallest absolute Gasteiger partial charge is 0.352 e. The Bertz CT molecular complexity index is 1160. The Hall–Kier alpha value is -2.90. The largest absolute Gasteiger partial charge is 0.416 e. The van der Waals surface area contributed by atoms with E-state index in [-0.39, 0.29) is 29.1 Å². The Balaban J connectivity index is 1.72. The molecule has 1 heterocycles. The Labute approximate surface area is 229 Å². The number of amides is 2. The Kier molecular flexibility index (Phi) is 9.02. The van der Waals surface area contributed by atoms with Crippen LogP contribution in [0.25, 0.3) is 0 Å². The number of nitrogens with zero attached hydrogens (tertiary/aromatic N) is 2. The molecule has 1 saturated carbocycles. The molecular formula is C31H40F3N3O2. The van der Waals surface area contributed by atoms with Crippen LogP contribution >= 0.6 is 0 Å². The van der Waals surface area contributed by atoms with Crippen LogP contribution < -0.4 is 5.32 Å². The number of carbonyl (C=O) groups is 2. The van der Waals surface area contributed by atoms with E-state index in [1.807, 2.05) is 24.0 Å². The number of carbonyl (C=O) groups excluding carboxylic acids is 2. The molecule has 1 aromatic rings. The molecule has 1 N–H and O–H groups in total. The van der Waals surface area contributed by atoms with Gasteiger partial charge in [0.2, 0.25) is 5.91 Å². The molecule has 0 radical (unpaired) electrons. The molecule has 1 unspecified atom stereocenters. The van der Waals surface area contributed by atoms with Gasteiger partial charge in [0.25, 0.3) is 5.91 Å². The predicted octanol–water partition coefficient (Wildman–Crippen LogP) is 6.97. The van der Waals surface area contributed by atoms with Crippen LogP contribution in [0.4, 0.5) is 13.2 Å². The van der Waals surface area contributed by atoms with Gasteiger partial charge < -0.3 is 10.2 Å². The first-order valence-corrected chi connectivity index (χ1v) is 14.4. The number of nitrogens with one attached hydrogen (secondary N) is 1. The fraction of sp³-hybridized carbons (Fsp3) is 0.581. The van der Waals surface area contributed by atoms with Crippen molar-refractivity contribution >= 4 is 17.5 Å². The Morgan fingerprint density at radius 2 is 1.87 bits per heavy atom. The minimum atomic E-state index is -4.50. The first-order valence-electron chi connectivity index (χ1n) is 14.4. The lowest BCUT2D eigenvalue weighted by Crippen LogP contribution is -2.54. The van der Waals surface area contributed by atoms with Gasteiger partial charge in [0.15, 0.2) is 0 Å². The molecule has 0 bridgehead atoms. The van der Waals surface area contributed by atoms with Crippen molar-refractivity contribution in [2.75, 3.05) is 6.54 Å². The second-order valence-electron chi connectivity index (χ2n) is 11.0. The maximum Gasteiger partial charge on any atom is 0.416 e. The second kappa shape index (κ2) is 12.1. The third-order valence-corrected chi connectivity index (χ3v) is 8.45. The van der Waals surface area contributed by atoms with Crippen molar-refractivity contribution in [2.45, 2.75) is 103 Å². The minimum Gasteiger partial charge on any atom is -0.352 e. The van der Waals surface area contributed by atoms with Gasteiger partial charge in [-0.3, -0.25) is 14.6 Å². The van der Waals surface area contributed by atoms with Gasteiger partial charge in [-0.1, -0.05) is 57.9 Å². The lowest BCUT2D eigenvalue weighted by molar-refractivity contribution is -0.137. The van der Waals surface area contributed by atoms with Crippen molar-refractivity contribution in [3.05, 3.63) is 58.7 Å². The van der Waals surface area contributed by atoms with Crippen LogP contribution in [-0.2, 0) is 15.8 Å². The summed E-state index contributed by atoms with van der Waals surface area (Å²) in [6.07, 6.45) is 7.35. The van der Waals surface area contributed by atoms with E-state index in [0.717, 1.165) is 61.8 Å². The number of hydrogen-bond donors (Lipinski definition) is 1. The molecule has 1 aromatic carbocycles. The van der Waals surface area contributed by atoms with Crippen LogP contribution in [0, 0.1) is 5.92 Å². The quantitative estimate of drug-likeness (QED) is 0.365. The van der Waals surface area contributed by atoms with E-state index >= 15 is 0 Å². The highest BCUT2D eigenvalue weighted by molar-refractivity contribution is 6.46. The molecule has 39 heavy (non-hydrogen) atoms. The molecule has 2 aliphatic carbocycles. The maximum absolute atomic E-state index is 14.1. The molecule has 212 valence electrons. The number of alkyl halides is 3. The molecule has 8 heteroatoms. The maximum atomic E-state index is 14.1. The Morgan fingerprint density at radius 3 is 2.46 bits per heavy atom. The van der Waals surface area contributed by atoms with Crippen molar-refractivity contribution in [2.24, 2.45) is 10.9 Å². The van der Waals surface area contributed by atoms with Gasteiger partial charge in [-0.15, -0.1) is 0 Å². The molecule has 0 aromatic heterocycles. The van der Waals surface area contributed by atoms with Gasteiger partial charge in [0.05, 0.1) is 11.6 Å². The molecule has 0 saturated heterocycles. The summed E-state index contributed by atoms with van der Waals surface area (Å²) in [6.45, 7) is 6.89. The summed E-state index contributed by atoms with van der Waals surface area (Å²) in [5.41, 5.74) is 0.622. The summed E-state index contributed by atoms with van der Waals surface area (Å²) in [7, 11) is 0. The van der Waals surface area contributed by atoms with Crippen LogP contribution in [0.1, 0.15) is 96.1 Å². The van der Waals surface area contributed by atoms with Crippen molar-refractivity contribution in [1.82, 2.24) is 10.2 Å². The average molecular weight is 544 g/mol. The van der Waals surface area contributed by atoms with E-state index in [0.29, 0.717) is 38.1 Å². The molecule has 1 fully saturated rings. The minimum absolute atomic E-state index is 0.0547. The van der Waals surface area contributed by atoms with Crippen molar-refractivity contribution in [3.8, 4) is 0 Å². The van der Waals surface area contributed by atoms with E-state index in [4.69, 9.17) is 4.99 Å². The lowest BCUT2D eigenvalue weighted by atomic mass is 9.78. The van der Waals surface area contributed by atoms with Gasteiger partial charge in [0.1, 0.15) is 11.4 Å². The summed E-state index contributed by atoms with van der Waals surface area (Å²) >= 11 is 0. The summed E-state index contributed by atoms with van der Waals surface area (Å²) < 4.78 is 40.5. The van der Waals surface area contributed by atoms with Gasteiger partial charge in [-0.2, -0.15) is 13.2 Å². The van der Waals surface area contributed by atoms with Crippen LogP contribution in [0.15, 0.2) is 52.6 Å². The van der Waals surface area contributed by atoms with E-state index < -0.39 is 17.4 Å². The van der Waals surface area contributed by atoms with Crippen molar-refractivity contribution in [1.29, 1.82) is 0 Å². The fourth-order valence-electron chi connectivity index (χ4n) is 6.20. The number of rotatable bonds is 9. The summed E-state index contributed by atoms with van der Waals surface area (Å²) in [5.74, 6) is 0.214. The van der Waals surface area contributed by atoms with Gasteiger partial charge >= 0.3 is 6.18 Å². The summed E-state index contributed by atoms with van der Waals surface area (Å²) in [5, 5.41) is 2.93. The molecule has 1 atom stereocenters. The zero-order valence-electron chi connectivity index (χ0n) is 23.2. The second-order valence-corrected chi connectivity index (χ2v) is 11.0. The SMILES string of the molecule is CCCNC(=O)C1=CC=C(C(CCC)N2C(=O)C(c3cccc(C(F)(F)F)c3)=NC23CCC(CC)CC3)CC1. The van der Waals surface area contributed by atoms with Gasteiger partial charge in [-0.25, -0.2) is 0 Å². The molecule has 4 rings (SSSR count). The van der Waals surface area contributed by atoms with E-state index in [9.17, 15) is 22.8 Å². The number of aliphatic imine (C=N–C) groups is 1. The van der Waals surface area contributed by atoms with E-state index in [2.05, 4.69) is 19.2 Å². The highest BCUT2D eigenvalue weighted by Crippen LogP contribution is 2.46. The topological polar surface area (TPSA) is 61.8 Å². The van der Waals surface area contributed by atoms with Crippen LogP contribution in [-0.4, -0.2) is 40.7 Å². The third-order valence-electron chi connectivity index (χ3n) is 8.45. The molecule has 1 aliphatic heterocycles. The molecule has 1 spiro atoms. The zero-order valence-corrected chi connectivity index (χ0v) is 23.2. The predicted molar refractivity (Wildman–Crippen MR) is 147 cm³/mol. The number of hydrogen-bond acceptors (Lipinski definition) is 3. The van der Waals surface area contributed by atoms with Crippen LogP contribution in [0.5, 0.6) is 0 Å². The Morgan fingerprint density at radius 1 is 1.13 bits per heavy atom. The first kappa shape index (κ1) is 29.1. The normalized spacial score (nSPS) is 24.4. The summed E-state index contributed by atoms with van der Waals surface area (Å²) in [4.78, 5) is 33.5. The zero-order chi connectivity index (χ0) is 28.2. The highest BCUT2D eigenvalue weighted by Gasteiger charge is 2.52. The third kappa shape index (κ3) is 6.15. The molecule has 2 amide bonds. The fourth-order valence-corrected chi connectivity index (χ4v) is 6.20. The van der Waals surface area contributed by atoms with E-state index in [1.54, 1.807) is 6.07 Å². The van der Waals surface area contributed by atoms with Crippen LogP contribution in [0.3, 0.4) is 0 Å². The van der Waals surface area contributed by atoms with Crippen molar-refractivity contribution in [3.63, 3.8) is 0 Å². The van der Waals surface area contributed by atoms with Gasteiger partial charge in [0, 0.05) is 17.7 Å². The molecule has 3 aliphatic rings. The number of halogens is 3. The molecule has 5 nitrogen and oxygen atoms in total. The average Bonchev–Trinajstić information content (AvgIpc) is 3.21. The monoisotopic (exact) mass is 543 g/mol. The first-order chi connectivity index (χ1) is 18.6.